The maximum atomic E-state index is 12.3. The fraction of sp³-hybridized carbons (Fsp3) is 0.211. The number of benzene rings is 2. The van der Waals surface area contributed by atoms with Gasteiger partial charge in [0.25, 0.3) is 5.69 Å². The number of non-ortho nitro benzene ring substituents is 1. The third kappa shape index (κ3) is 5.24. The highest BCUT2D eigenvalue weighted by atomic mass is 32.2. The number of amides is 1. The molecule has 3 rings (SSSR count). The van der Waals surface area contributed by atoms with Crippen LogP contribution in [-0.2, 0) is 4.79 Å². The molecule has 0 bridgehead atoms. The number of ether oxygens (including phenoxy) is 2. The Hall–Kier alpha value is -3.18. The van der Waals surface area contributed by atoms with Crippen LogP contribution in [0.5, 0.6) is 11.5 Å². The van der Waals surface area contributed by atoms with Gasteiger partial charge in [0.2, 0.25) is 5.91 Å². The molecule has 1 amide bonds. The van der Waals surface area contributed by atoms with E-state index in [-0.39, 0.29) is 17.3 Å². The van der Waals surface area contributed by atoms with E-state index in [0.717, 1.165) is 11.1 Å². The van der Waals surface area contributed by atoms with Crippen molar-refractivity contribution in [3.63, 3.8) is 0 Å². The predicted octanol–water partition coefficient (Wildman–Crippen LogP) is 4.17. The second-order valence-corrected chi connectivity index (χ2v) is 8.27. The lowest BCUT2D eigenvalue weighted by molar-refractivity contribution is -0.384. The van der Waals surface area contributed by atoms with Gasteiger partial charge in [0, 0.05) is 23.8 Å². The van der Waals surface area contributed by atoms with Crippen LogP contribution in [0.1, 0.15) is 5.56 Å². The van der Waals surface area contributed by atoms with E-state index in [2.05, 4.69) is 15.5 Å². The quantitative estimate of drug-likeness (QED) is 0.311. The number of carbonyl (C=O) groups is 1. The molecule has 0 radical (unpaired) electrons. The number of methoxy groups -OCH3 is 2. The molecule has 1 aromatic heterocycles. The third-order valence-corrected chi connectivity index (χ3v) is 6.14. The number of anilines is 1. The molecule has 0 aliphatic carbocycles. The van der Waals surface area contributed by atoms with Crippen LogP contribution in [0.3, 0.4) is 0 Å². The van der Waals surface area contributed by atoms with E-state index in [4.69, 9.17) is 9.47 Å². The lowest BCUT2D eigenvalue weighted by Crippen LogP contribution is -2.15. The summed E-state index contributed by atoms with van der Waals surface area (Å²) >= 11 is 2.58. The van der Waals surface area contributed by atoms with Gasteiger partial charge in [0.15, 0.2) is 4.34 Å². The Morgan fingerprint density at radius 1 is 1.17 bits per heavy atom. The van der Waals surface area contributed by atoms with Crippen molar-refractivity contribution >= 4 is 40.4 Å². The molecule has 0 fully saturated rings. The molecule has 1 heterocycles. The summed E-state index contributed by atoms with van der Waals surface area (Å²) in [4.78, 5) is 22.7. The number of nitro groups is 1. The maximum absolute atomic E-state index is 12.3. The van der Waals surface area contributed by atoms with E-state index in [1.54, 1.807) is 33.3 Å². The van der Waals surface area contributed by atoms with Crippen LogP contribution in [0.2, 0.25) is 0 Å². The summed E-state index contributed by atoms with van der Waals surface area (Å²) in [5.74, 6) is 1.09. The number of aryl methyl sites for hydroxylation is 1. The zero-order chi connectivity index (χ0) is 21.7. The number of nitrogens with zero attached hydrogens (tertiary/aromatic N) is 3. The van der Waals surface area contributed by atoms with Gasteiger partial charge in [-0.1, -0.05) is 29.2 Å². The van der Waals surface area contributed by atoms with Crippen molar-refractivity contribution in [1.29, 1.82) is 0 Å². The lowest BCUT2D eigenvalue weighted by atomic mass is 10.2. The molecule has 11 heteroatoms. The minimum atomic E-state index is -0.500. The number of carbonyl (C=O) groups excluding carboxylic acids is 1. The average Bonchev–Trinajstić information content (AvgIpc) is 3.22. The van der Waals surface area contributed by atoms with Crippen molar-refractivity contribution in [3.8, 4) is 22.1 Å². The van der Waals surface area contributed by atoms with Gasteiger partial charge in [-0.3, -0.25) is 14.9 Å². The van der Waals surface area contributed by atoms with E-state index >= 15 is 0 Å². The highest BCUT2D eigenvalue weighted by Crippen LogP contribution is 2.34. The van der Waals surface area contributed by atoms with Crippen molar-refractivity contribution in [2.45, 2.75) is 11.3 Å². The van der Waals surface area contributed by atoms with Crippen molar-refractivity contribution in [2.24, 2.45) is 0 Å². The van der Waals surface area contributed by atoms with Crippen LogP contribution < -0.4 is 14.8 Å². The number of thioether (sulfide) groups is 1. The minimum absolute atomic E-state index is 0.0777. The molecule has 0 saturated heterocycles. The van der Waals surface area contributed by atoms with Gasteiger partial charge in [-0.05, 0) is 24.6 Å². The van der Waals surface area contributed by atoms with E-state index in [1.807, 2.05) is 12.1 Å². The van der Waals surface area contributed by atoms with Gasteiger partial charge in [0.05, 0.1) is 30.6 Å². The number of nitrogens with one attached hydrogen (secondary N) is 1. The molecule has 0 saturated carbocycles. The third-order valence-electron chi connectivity index (χ3n) is 4.04. The van der Waals surface area contributed by atoms with Gasteiger partial charge in [-0.25, -0.2) is 0 Å². The smallest absolute Gasteiger partial charge is 0.271 e. The molecular formula is C19H18N4O5S2. The molecule has 9 nitrogen and oxygen atoms in total. The van der Waals surface area contributed by atoms with Crippen molar-refractivity contribution in [2.75, 3.05) is 25.3 Å². The summed E-state index contributed by atoms with van der Waals surface area (Å²) in [5.41, 5.74) is 1.87. The lowest BCUT2D eigenvalue weighted by Gasteiger charge is -2.07. The first-order valence-corrected chi connectivity index (χ1v) is 10.4. The summed E-state index contributed by atoms with van der Waals surface area (Å²) in [6.07, 6.45) is 0. The first-order valence-electron chi connectivity index (χ1n) is 8.64. The molecule has 156 valence electrons. The average molecular weight is 447 g/mol. The Balaban J connectivity index is 1.65. The Bertz CT molecular complexity index is 1060. The second-order valence-electron chi connectivity index (χ2n) is 6.07. The van der Waals surface area contributed by atoms with Crippen molar-refractivity contribution in [3.05, 3.63) is 52.1 Å². The number of nitro benzene ring substituents is 1. The van der Waals surface area contributed by atoms with E-state index in [1.165, 1.54) is 35.2 Å². The van der Waals surface area contributed by atoms with Crippen LogP contribution in [0.25, 0.3) is 10.6 Å². The summed E-state index contributed by atoms with van der Waals surface area (Å²) in [6, 6.07) is 9.76. The maximum Gasteiger partial charge on any atom is 0.271 e. The zero-order valence-electron chi connectivity index (χ0n) is 16.4. The molecule has 1 N–H and O–H groups in total. The molecule has 0 unspecified atom stereocenters. The fourth-order valence-electron chi connectivity index (χ4n) is 2.49. The Morgan fingerprint density at radius 2 is 1.87 bits per heavy atom. The highest BCUT2D eigenvalue weighted by molar-refractivity contribution is 8.01. The molecule has 0 atom stereocenters. The van der Waals surface area contributed by atoms with Gasteiger partial charge in [-0.15, -0.1) is 10.2 Å². The molecule has 3 aromatic rings. The molecule has 2 aromatic carbocycles. The molecule has 30 heavy (non-hydrogen) atoms. The fourth-order valence-corrected chi connectivity index (χ4v) is 4.13. The zero-order valence-corrected chi connectivity index (χ0v) is 18.0. The Labute approximate surface area is 180 Å². The van der Waals surface area contributed by atoms with Crippen LogP contribution in [0, 0.1) is 17.0 Å². The molecular weight excluding hydrogens is 428 g/mol. The van der Waals surface area contributed by atoms with E-state index < -0.39 is 4.92 Å². The van der Waals surface area contributed by atoms with Crippen molar-refractivity contribution in [1.82, 2.24) is 10.2 Å². The van der Waals surface area contributed by atoms with Crippen LogP contribution in [-0.4, -0.2) is 41.0 Å². The Kier molecular flexibility index (Phi) is 6.85. The largest absolute Gasteiger partial charge is 0.497 e. The normalized spacial score (nSPS) is 10.5. The number of rotatable bonds is 8. The predicted molar refractivity (Wildman–Crippen MR) is 116 cm³/mol. The number of hydrogen-bond donors (Lipinski definition) is 1. The highest BCUT2D eigenvalue weighted by Gasteiger charge is 2.14. The summed E-state index contributed by atoms with van der Waals surface area (Å²) in [7, 11) is 3.14. The first kappa shape index (κ1) is 21.5. The van der Waals surface area contributed by atoms with Crippen LogP contribution >= 0.6 is 23.1 Å². The standard InChI is InChI=1S/C19H18N4O5S2/c1-11-4-5-13(23(25)26)8-16(11)20-17(24)10-29-19-22-21-18(30-19)12-6-14(27-2)9-15(7-12)28-3/h4-9H,10H2,1-3H3,(H,20,24). The first-order chi connectivity index (χ1) is 14.4. The second kappa shape index (κ2) is 9.55. The number of hydrogen-bond acceptors (Lipinski definition) is 9. The van der Waals surface area contributed by atoms with Gasteiger partial charge in [0.1, 0.15) is 16.5 Å². The molecule has 0 aliphatic rings. The SMILES string of the molecule is COc1cc(OC)cc(-c2nnc(SCC(=O)Nc3cc([N+](=O)[O-])ccc3C)s2)c1. The van der Waals surface area contributed by atoms with E-state index in [9.17, 15) is 14.9 Å². The van der Waals surface area contributed by atoms with Gasteiger partial charge in [-0.2, -0.15) is 0 Å². The minimum Gasteiger partial charge on any atom is -0.497 e. The summed E-state index contributed by atoms with van der Waals surface area (Å²) in [6.45, 7) is 1.77. The summed E-state index contributed by atoms with van der Waals surface area (Å²) < 4.78 is 11.2. The van der Waals surface area contributed by atoms with Gasteiger partial charge >= 0.3 is 0 Å². The van der Waals surface area contributed by atoms with Gasteiger partial charge < -0.3 is 14.8 Å². The molecule has 0 spiro atoms. The van der Waals surface area contributed by atoms with Crippen molar-refractivity contribution < 1.29 is 19.2 Å². The van der Waals surface area contributed by atoms with E-state index in [0.29, 0.717) is 26.5 Å². The monoisotopic (exact) mass is 446 g/mol. The molecule has 0 aliphatic heterocycles. The topological polar surface area (TPSA) is 116 Å². The van der Waals surface area contributed by atoms with Crippen LogP contribution in [0.15, 0.2) is 40.7 Å². The Morgan fingerprint density at radius 3 is 2.50 bits per heavy atom. The summed E-state index contributed by atoms with van der Waals surface area (Å²) in [5, 5.41) is 22.6. The van der Waals surface area contributed by atoms with Crippen LogP contribution in [0.4, 0.5) is 11.4 Å². The number of aromatic nitrogens is 2.